The average molecular weight is 486 g/mol. The molecular formula is C24H20F2N2O5S. The van der Waals surface area contributed by atoms with Gasteiger partial charge in [0.2, 0.25) is 15.9 Å². The fourth-order valence-corrected chi connectivity index (χ4v) is 4.73. The molecule has 3 aromatic carbocycles. The lowest BCUT2D eigenvalue weighted by Crippen LogP contribution is -2.28. The number of carbonyl (C=O) groups is 1. The van der Waals surface area contributed by atoms with Crippen molar-refractivity contribution in [3.63, 3.8) is 0 Å². The first-order valence-corrected chi connectivity index (χ1v) is 12.0. The molecule has 1 heterocycles. The SMILES string of the molecule is Cc1cc(NC(=O)C2(c3ccc4c(c3)OC(F)(F)O4)CC2)ccc1-c1cccc(S(N)(=O)=O)c1. The van der Waals surface area contributed by atoms with Crippen LogP contribution in [0.25, 0.3) is 11.1 Å². The zero-order chi connectivity index (χ0) is 24.3. The number of hydrogen-bond donors (Lipinski definition) is 2. The molecule has 0 unspecified atom stereocenters. The highest BCUT2D eigenvalue weighted by atomic mass is 32.2. The van der Waals surface area contributed by atoms with Crippen molar-refractivity contribution < 1.29 is 31.5 Å². The molecule has 0 saturated heterocycles. The summed E-state index contributed by atoms with van der Waals surface area (Å²) in [5.41, 5.74) is 2.61. The molecule has 1 saturated carbocycles. The normalized spacial score (nSPS) is 17.3. The van der Waals surface area contributed by atoms with Crippen LogP contribution in [0.15, 0.2) is 65.6 Å². The molecule has 1 aliphatic carbocycles. The molecule has 176 valence electrons. The number of nitrogens with two attached hydrogens (primary N) is 1. The van der Waals surface area contributed by atoms with Gasteiger partial charge in [0.05, 0.1) is 10.3 Å². The Balaban J connectivity index is 1.37. The second kappa shape index (κ2) is 7.51. The van der Waals surface area contributed by atoms with E-state index < -0.39 is 21.7 Å². The van der Waals surface area contributed by atoms with E-state index in [-0.39, 0.29) is 22.3 Å². The van der Waals surface area contributed by atoms with Crippen LogP contribution in [0.3, 0.4) is 0 Å². The zero-order valence-corrected chi connectivity index (χ0v) is 18.8. The number of amides is 1. The van der Waals surface area contributed by atoms with E-state index >= 15 is 0 Å². The maximum Gasteiger partial charge on any atom is 0.586 e. The topological polar surface area (TPSA) is 108 Å². The summed E-state index contributed by atoms with van der Waals surface area (Å²) in [5, 5.41) is 8.14. The predicted octanol–water partition coefficient (Wildman–Crippen LogP) is 4.30. The van der Waals surface area contributed by atoms with Crippen molar-refractivity contribution in [2.24, 2.45) is 5.14 Å². The molecule has 34 heavy (non-hydrogen) atoms. The van der Waals surface area contributed by atoms with Gasteiger partial charge < -0.3 is 14.8 Å². The summed E-state index contributed by atoms with van der Waals surface area (Å²) >= 11 is 0. The molecule has 3 aromatic rings. The zero-order valence-electron chi connectivity index (χ0n) is 18.0. The average Bonchev–Trinajstić information content (AvgIpc) is 3.50. The maximum absolute atomic E-state index is 13.3. The molecule has 1 amide bonds. The van der Waals surface area contributed by atoms with Gasteiger partial charge in [0.1, 0.15) is 0 Å². The van der Waals surface area contributed by atoms with Gasteiger partial charge in [-0.05, 0) is 78.4 Å². The van der Waals surface area contributed by atoms with Gasteiger partial charge in [-0.25, -0.2) is 13.6 Å². The molecule has 0 bridgehead atoms. The molecule has 0 spiro atoms. The standard InChI is InChI=1S/C24H20F2N2O5S/c1-14-11-17(6-7-19(14)15-3-2-4-18(12-15)34(27,30)31)28-22(29)23(9-10-23)16-5-8-20-21(13-16)33-24(25,26)32-20/h2-8,11-13H,9-10H2,1H3,(H,28,29)(H2,27,30,31). The van der Waals surface area contributed by atoms with Gasteiger partial charge in [0.15, 0.2) is 11.5 Å². The van der Waals surface area contributed by atoms with Crippen molar-refractivity contribution in [1.82, 2.24) is 0 Å². The number of ether oxygens (including phenoxy) is 2. The number of alkyl halides is 2. The number of sulfonamides is 1. The number of aryl methyl sites for hydroxylation is 1. The van der Waals surface area contributed by atoms with Gasteiger partial charge in [0.25, 0.3) is 0 Å². The highest BCUT2D eigenvalue weighted by Gasteiger charge is 2.52. The molecule has 2 aliphatic rings. The van der Waals surface area contributed by atoms with Gasteiger partial charge in [-0.15, -0.1) is 8.78 Å². The second-order valence-corrected chi connectivity index (χ2v) is 10.0. The highest BCUT2D eigenvalue weighted by molar-refractivity contribution is 7.89. The minimum Gasteiger partial charge on any atom is -0.395 e. The number of primary sulfonamides is 1. The number of rotatable bonds is 5. The van der Waals surface area contributed by atoms with Gasteiger partial charge in [-0.3, -0.25) is 4.79 Å². The van der Waals surface area contributed by atoms with Gasteiger partial charge >= 0.3 is 6.29 Å². The largest absolute Gasteiger partial charge is 0.586 e. The van der Waals surface area contributed by atoms with Gasteiger partial charge in [-0.1, -0.05) is 24.3 Å². The molecule has 10 heteroatoms. The number of anilines is 1. The summed E-state index contributed by atoms with van der Waals surface area (Å²) in [5.74, 6) is -0.410. The van der Waals surface area contributed by atoms with Crippen LogP contribution in [0, 0.1) is 6.92 Å². The molecule has 3 N–H and O–H groups in total. The predicted molar refractivity (Wildman–Crippen MR) is 120 cm³/mol. The van der Waals surface area contributed by atoms with Crippen LogP contribution < -0.4 is 19.9 Å². The fourth-order valence-electron chi connectivity index (χ4n) is 4.18. The lowest BCUT2D eigenvalue weighted by molar-refractivity contribution is -0.286. The Kier molecular flexibility index (Phi) is 4.92. The van der Waals surface area contributed by atoms with Gasteiger partial charge in [0, 0.05) is 5.69 Å². The highest BCUT2D eigenvalue weighted by Crippen LogP contribution is 2.52. The third-order valence-corrected chi connectivity index (χ3v) is 7.01. The van der Waals surface area contributed by atoms with Crippen molar-refractivity contribution >= 4 is 21.6 Å². The van der Waals surface area contributed by atoms with E-state index in [2.05, 4.69) is 14.8 Å². The Labute approximate surface area is 194 Å². The molecule has 0 atom stereocenters. The van der Waals surface area contributed by atoms with E-state index in [1.807, 2.05) is 6.92 Å². The van der Waals surface area contributed by atoms with E-state index in [1.165, 1.54) is 24.3 Å². The molecule has 0 radical (unpaired) electrons. The van der Waals surface area contributed by atoms with Crippen LogP contribution in [-0.2, 0) is 20.2 Å². The molecule has 0 aromatic heterocycles. The molecule has 1 fully saturated rings. The van der Waals surface area contributed by atoms with Crippen LogP contribution in [0.1, 0.15) is 24.0 Å². The molecule has 7 nitrogen and oxygen atoms in total. The van der Waals surface area contributed by atoms with Crippen molar-refractivity contribution in [3.05, 3.63) is 71.8 Å². The maximum atomic E-state index is 13.3. The smallest absolute Gasteiger partial charge is 0.395 e. The van der Waals surface area contributed by atoms with Crippen LogP contribution in [0.2, 0.25) is 0 Å². The number of hydrogen-bond acceptors (Lipinski definition) is 5. The number of halogens is 2. The molecule has 1 aliphatic heterocycles. The van der Waals surface area contributed by atoms with E-state index in [9.17, 15) is 22.0 Å². The summed E-state index contributed by atoms with van der Waals surface area (Å²) in [6.45, 7) is 1.85. The van der Waals surface area contributed by atoms with Crippen LogP contribution in [0.4, 0.5) is 14.5 Å². The van der Waals surface area contributed by atoms with Crippen LogP contribution >= 0.6 is 0 Å². The third kappa shape index (κ3) is 3.99. The second-order valence-electron chi connectivity index (χ2n) is 8.47. The van der Waals surface area contributed by atoms with E-state index in [4.69, 9.17) is 5.14 Å². The van der Waals surface area contributed by atoms with Crippen molar-refractivity contribution in [2.45, 2.75) is 36.4 Å². The first-order valence-electron chi connectivity index (χ1n) is 10.4. The van der Waals surface area contributed by atoms with Gasteiger partial charge in [-0.2, -0.15) is 0 Å². The van der Waals surface area contributed by atoms with Crippen molar-refractivity contribution in [1.29, 1.82) is 0 Å². The van der Waals surface area contributed by atoms with E-state index in [0.717, 1.165) is 11.1 Å². The Bertz CT molecular complexity index is 1440. The first kappa shape index (κ1) is 22.3. The third-order valence-electron chi connectivity index (χ3n) is 6.10. The number of fused-ring (bicyclic) bond motifs is 1. The Hall–Kier alpha value is -3.50. The number of carbonyl (C=O) groups excluding carboxylic acids is 1. The van der Waals surface area contributed by atoms with Crippen LogP contribution in [-0.4, -0.2) is 20.6 Å². The Morgan fingerprint density at radius 2 is 1.74 bits per heavy atom. The monoisotopic (exact) mass is 486 g/mol. The lowest BCUT2D eigenvalue weighted by Gasteiger charge is -2.17. The summed E-state index contributed by atoms with van der Waals surface area (Å²) in [6, 6.07) is 16.0. The molecular weight excluding hydrogens is 466 g/mol. The fraction of sp³-hybridized carbons (Fsp3) is 0.208. The van der Waals surface area contributed by atoms with Crippen molar-refractivity contribution in [2.75, 3.05) is 5.32 Å². The Morgan fingerprint density at radius 3 is 2.41 bits per heavy atom. The summed E-state index contributed by atoms with van der Waals surface area (Å²) in [7, 11) is -3.83. The number of benzene rings is 3. The van der Waals surface area contributed by atoms with Crippen LogP contribution in [0.5, 0.6) is 11.5 Å². The molecule has 5 rings (SSSR count). The number of nitrogens with one attached hydrogen (secondary N) is 1. The summed E-state index contributed by atoms with van der Waals surface area (Å²) in [4.78, 5) is 13.1. The van der Waals surface area contributed by atoms with E-state index in [0.29, 0.717) is 29.7 Å². The summed E-state index contributed by atoms with van der Waals surface area (Å²) < 4.78 is 59.0. The van der Waals surface area contributed by atoms with E-state index in [1.54, 1.807) is 36.4 Å². The quantitative estimate of drug-likeness (QED) is 0.559. The first-order chi connectivity index (χ1) is 16.0. The van der Waals surface area contributed by atoms with Crippen molar-refractivity contribution in [3.8, 4) is 22.6 Å². The summed E-state index contributed by atoms with van der Waals surface area (Å²) in [6.07, 6.45) is -2.56. The Morgan fingerprint density at radius 1 is 1.00 bits per heavy atom. The minimum atomic E-state index is -3.83. The lowest BCUT2D eigenvalue weighted by atomic mass is 9.94. The minimum absolute atomic E-state index is 0.0129.